The van der Waals surface area contributed by atoms with E-state index in [1.54, 1.807) is 23.8 Å². The van der Waals surface area contributed by atoms with Crippen molar-refractivity contribution >= 4 is 47.4 Å². The summed E-state index contributed by atoms with van der Waals surface area (Å²) in [6, 6.07) is 4.53. The Morgan fingerprint density at radius 3 is 2.06 bits per heavy atom. The molecular weight excluding hydrogens is 1010 g/mol. The van der Waals surface area contributed by atoms with Crippen LogP contribution in [0.2, 0.25) is 0 Å². The van der Waals surface area contributed by atoms with Gasteiger partial charge in [0.05, 0.1) is 62.0 Å². The Morgan fingerprint density at radius 2 is 1.49 bits per heavy atom. The van der Waals surface area contributed by atoms with Crippen LogP contribution >= 0.6 is 0 Å². The van der Waals surface area contributed by atoms with Gasteiger partial charge in [0.25, 0.3) is 0 Å². The van der Waals surface area contributed by atoms with Gasteiger partial charge >= 0.3 is 11.9 Å². The van der Waals surface area contributed by atoms with E-state index in [1.807, 2.05) is 78.8 Å². The molecule has 0 aromatic heterocycles. The van der Waals surface area contributed by atoms with Crippen LogP contribution in [0.4, 0.5) is 0 Å². The Bertz CT molecular complexity index is 2010. The van der Waals surface area contributed by atoms with Gasteiger partial charge in [-0.25, -0.2) is 4.79 Å². The number of aliphatic hydroxyl groups is 1. The first-order valence-electron chi connectivity index (χ1n) is 27.7. The van der Waals surface area contributed by atoms with Crippen molar-refractivity contribution in [2.24, 2.45) is 29.4 Å². The fourth-order valence-electron chi connectivity index (χ4n) is 9.30. The van der Waals surface area contributed by atoms with Crippen molar-refractivity contribution < 1.29 is 71.9 Å². The Kier molecular flexibility index (Phi) is 31.9. The molecule has 0 aliphatic carbocycles. The van der Waals surface area contributed by atoms with Crippen molar-refractivity contribution in [2.45, 2.75) is 187 Å². The molecule has 1 heterocycles. The molecule has 22 nitrogen and oxygen atoms in total. The van der Waals surface area contributed by atoms with Gasteiger partial charge in [0.2, 0.25) is 35.4 Å². The van der Waals surface area contributed by atoms with Gasteiger partial charge in [-0.05, 0) is 62.3 Å². The number of benzene rings is 1. The summed E-state index contributed by atoms with van der Waals surface area (Å²) in [6.07, 6.45) is 0.0496. The Hall–Kier alpha value is -5.26. The second kappa shape index (κ2) is 36.1. The van der Waals surface area contributed by atoms with Crippen molar-refractivity contribution in [3.63, 3.8) is 0 Å². The van der Waals surface area contributed by atoms with Crippen molar-refractivity contribution in [2.75, 3.05) is 61.3 Å². The maximum Gasteiger partial charge on any atom is 0.328 e. The molecule has 22 heteroatoms. The fraction of sp³-hybridized carbons (Fsp3) is 0.750. The number of hydrogen-bond acceptors (Lipinski definition) is 16. The zero-order chi connectivity index (χ0) is 58.6. The number of carbonyl (C=O) groups is 8. The predicted molar refractivity (Wildman–Crippen MR) is 292 cm³/mol. The highest BCUT2D eigenvalue weighted by atomic mass is 16.7. The lowest BCUT2D eigenvalue weighted by molar-refractivity contribution is -0.194. The SMILES string of the molecule is CCC(CO)OC(COC(=O)CCCC(=O)NC(C)C(=O)OCCCNC(=O)[C@H](Cc1ccccc1)NC(=O)[C@H](C)[C@@H](OC)[C@@H]1CCCN1C(=O)C[C@@H](OC)[C@H]([C@@H](C)CC)N(C)C(=O)[C@H](NC(=O)[C@@H](N)C(C)C)C(C)C)OC. The molecule has 12 atom stereocenters. The molecule has 7 N–H and O–H groups in total. The smallest absolute Gasteiger partial charge is 0.328 e. The van der Waals surface area contributed by atoms with Crippen LogP contribution in [0.3, 0.4) is 0 Å². The number of esters is 2. The minimum atomic E-state index is -1.00. The quantitative estimate of drug-likeness (QED) is 0.0317. The summed E-state index contributed by atoms with van der Waals surface area (Å²) in [5, 5.41) is 20.5. The summed E-state index contributed by atoms with van der Waals surface area (Å²) in [7, 11) is 6.06. The average molecular weight is 1110 g/mol. The first-order valence-corrected chi connectivity index (χ1v) is 27.7. The first-order chi connectivity index (χ1) is 37.0. The third-order valence-corrected chi connectivity index (χ3v) is 14.5. The minimum Gasteiger partial charge on any atom is -0.464 e. The summed E-state index contributed by atoms with van der Waals surface area (Å²) in [5.74, 6) is -4.91. The first kappa shape index (κ1) is 68.8. The van der Waals surface area contributed by atoms with Gasteiger partial charge in [-0.2, -0.15) is 0 Å². The van der Waals surface area contributed by atoms with E-state index >= 15 is 0 Å². The molecule has 1 aliphatic rings. The van der Waals surface area contributed by atoms with Crippen molar-refractivity contribution in [1.29, 1.82) is 0 Å². The van der Waals surface area contributed by atoms with Crippen molar-refractivity contribution in [3.05, 3.63) is 35.9 Å². The molecule has 1 fully saturated rings. The highest BCUT2D eigenvalue weighted by molar-refractivity contribution is 5.91. The lowest BCUT2D eigenvalue weighted by atomic mass is 9.89. The van der Waals surface area contributed by atoms with Gasteiger partial charge in [0.1, 0.15) is 24.7 Å². The number of likely N-dealkylation sites (N-methyl/N-ethyl adjacent to an activating group) is 1. The van der Waals surface area contributed by atoms with Crippen LogP contribution < -0.4 is 27.0 Å². The number of hydrogen-bond donors (Lipinski definition) is 6. The molecule has 6 amide bonds. The lowest BCUT2D eigenvalue weighted by Gasteiger charge is -2.41. The molecule has 78 heavy (non-hydrogen) atoms. The van der Waals surface area contributed by atoms with Crippen LogP contribution in [0.1, 0.15) is 126 Å². The van der Waals surface area contributed by atoms with Gasteiger partial charge in [-0.15, -0.1) is 0 Å². The van der Waals surface area contributed by atoms with Crippen LogP contribution in [-0.4, -0.2) is 184 Å². The Balaban J connectivity index is 2.05. The van der Waals surface area contributed by atoms with Gasteiger partial charge in [-0.1, -0.05) is 92.1 Å². The number of methoxy groups -OCH3 is 3. The van der Waals surface area contributed by atoms with E-state index in [0.29, 0.717) is 32.2 Å². The molecule has 444 valence electrons. The molecule has 0 radical (unpaired) electrons. The number of nitrogens with one attached hydrogen (secondary N) is 4. The van der Waals surface area contributed by atoms with Gasteiger partial charge in [0.15, 0.2) is 6.29 Å². The molecule has 1 aliphatic heterocycles. The third kappa shape index (κ3) is 22.5. The lowest BCUT2D eigenvalue weighted by Crippen LogP contribution is -2.59. The Morgan fingerprint density at radius 1 is 0.808 bits per heavy atom. The Labute approximate surface area is 462 Å². The number of aliphatic hydroxyl groups excluding tert-OH is 1. The monoisotopic (exact) mass is 1110 g/mol. The summed E-state index contributed by atoms with van der Waals surface area (Å²) in [4.78, 5) is 110. The van der Waals surface area contributed by atoms with E-state index in [1.165, 1.54) is 28.3 Å². The summed E-state index contributed by atoms with van der Waals surface area (Å²) < 4.78 is 33.2. The zero-order valence-corrected chi connectivity index (χ0v) is 48.7. The van der Waals surface area contributed by atoms with Crippen molar-refractivity contribution in [1.82, 2.24) is 31.1 Å². The molecule has 2 rings (SSSR count). The molecule has 0 spiro atoms. The number of ether oxygens (including phenoxy) is 6. The van der Waals surface area contributed by atoms with Gasteiger partial charge in [0, 0.05) is 60.7 Å². The fourth-order valence-corrected chi connectivity index (χ4v) is 9.30. The van der Waals surface area contributed by atoms with Crippen molar-refractivity contribution in [3.8, 4) is 0 Å². The predicted octanol–water partition coefficient (Wildman–Crippen LogP) is 2.79. The number of likely N-dealkylation sites (tertiary alicyclic amines) is 1. The van der Waals surface area contributed by atoms with E-state index in [2.05, 4.69) is 21.3 Å². The molecule has 0 saturated carbocycles. The van der Waals surface area contributed by atoms with E-state index in [9.17, 15) is 43.5 Å². The number of amides is 6. The van der Waals surface area contributed by atoms with Crippen LogP contribution in [0.25, 0.3) is 0 Å². The normalized spacial score (nSPS) is 17.8. The zero-order valence-electron chi connectivity index (χ0n) is 48.7. The second-order valence-electron chi connectivity index (χ2n) is 21.0. The van der Waals surface area contributed by atoms with Crippen LogP contribution in [0, 0.1) is 23.7 Å². The maximum atomic E-state index is 14.4. The van der Waals surface area contributed by atoms with E-state index in [-0.39, 0.29) is 94.5 Å². The third-order valence-electron chi connectivity index (χ3n) is 14.5. The van der Waals surface area contributed by atoms with E-state index in [4.69, 9.17) is 34.2 Å². The highest BCUT2D eigenvalue weighted by Crippen LogP contribution is 2.30. The van der Waals surface area contributed by atoms with E-state index in [0.717, 1.165) is 5.56 Å². The summed E-state index contributed by atoms with van der Waals surface area (Å²) in [5.41, 5.74) is 6.94. The number of nitrogens with two attached hydrogens (primary N) is 1. The minimum absolute atomic E-state index is 0.0481. The standard InChI is InChI=1S/C56H95N7O15/c1-14-36(7)50(62(10)55(71)49(35(5)6)61-54(70)48(57)34(3)4)43(73-11)31-45(66)63-28-20-24-42(63)51(75-13)37(8)52(68)60-41(30-39-22-17-16-18-23-39)53(69)58-27-21-29-76-56(72)38(9)59-44(65)25-19-26-46(67)77-33-47(74-12)78-40(15-2)32-64/h16-18,22-23,34-38,40-43,47-51,64H,14-15,19-21,24-33,57H2,1-13H3,(H,58,69)(H,59,65)(H,60,68)(H,61,70)/t36-,37+,38?,40?,41-,42-,43+,47?,48-,49+,50-,51+/m0/s1. The topological polar surface area (TPSA) is 293 Å². The number of carbonyl (C=O) groups excluding carboxylic acids is 8. The molecule has 3 unspecified atom stereocenters. The largest absolute Gasteiger partial charge is 0.464 e. The van der Waals surface area contributed by atoms with Crippen LogP contribution in [0.15, 0.2) is 30.3 Å². The summed E-state index contributed by atoms with van der Waals surface area (Å²) >= 11 is 0. The number of rotatable bonds is 37. The molecule has 1 saturated heterocycles. The molecule has 0 bridgehead atoms. The van der Waals surface area contributed by atoms with Crippen LogP contribution in [-0.2, 0) is 73.2 Å². The second-order valence-corrected chi connectivity index (χ2v) is 21.0. The van der Waals surface area contributed by atoms with Gasteiger partial charge < -0.3 is 70.3 Å². The highest BCUT2D eigenvalue weighted by Gasteiger charge is 2.43. The molecule has 1 aromatic carbocycles. The van der Waals surface area contributed by atoms with Crippen LogP contribution in [0.5, 0.6) is 0 Å². The van der Waals surface area contributed by atoms with Gasteiger partial charge in [-0.3, -0.25) is 33.6 Å². The molecule has 1 aromatic rings. The average Bonchev–Trinajstić information content (AvgIpc) is 3.91. The van der Waals surface area contributed by atoms with E-state index < -0.39 is 102 Å². The summed E-state index contributed by atoms with van der Waals surface area (Å²) in [6.45, 7) is 16.4. The molecular formula is C56H95N7O15. The number of nitrogens with zero attached hydrogens (tertiary/aromatic N) is 2. The maximum absolute atomic E-state index is 14.4.